The van der Waals surface area contributed by atoms with Crippen LogP contribution in [0.15, 0.2) is 48.5 Å². The van der Waals surface area contributed by atoms with Gasteiger partial charge >= 0.3 is 0 Å². The van der Waals surface area contributed by atoms with E-state index in [2.05, 4.69) is 11.1 Å². The number of aromatic nitrogens is 1. The first-order valence-electron chi connectivity index (χ1n) is 11.5. The third kappa shape index (κ3) is 2.64. The van der Waals surface area contributed by atoms with Crippen LogP contribution in [-0.4, -0.2) is 45.7 Å². The molecule has 0 bridgehead atoms. The molecule has 2 aromatic carbocycles. The summed E-state index contributed by atoms with van der Waals surface area (Å²) in [7, 11) is 0. The molecule has 6 rings (SSSR count). The van der Waals surface area contributed by atoms with E-state index in [1.54, 1.807) is 4.90 Å². The molecule has 1 aromatic heterocycles. The van der Waals surface area contributed by atoms with Crippen LogP contribution in [0.1, 0.15) is 55.3 Å². The normalized spacial score (nSPS) is 26.0. The second kappa shape index (κ2) is 7.11. The zero-order valence-electron chi connectivity index (χ0n) is 18.1. The summed E-state index contributed by atoms with van der Waals surface area (Å²) in [5.41, 5.74) is 2.85. The number of para-hydroxylation sites is 1. The van der Waals surface area contributed by atoms with Gasteiger partial charge in [0.15, 0.2) is 5.54 Å². The summed E-state index contributed by atoms with van der Waals surface area (Å²) >= 11 is 6.64. The van der Waals surface area contributed by atoms with Gasteiger partial charge in [-0.2, -0.15) is 0 Å². The molecule has 1 N–H and O–H groups in total. The van der Waals surface area contributed by atoms with Crippen molar-refractivity contribution in [1.82, 2.24) is 14.8 Å². The summed E-state index contributed by atoms with van der Waals surface area (Å²) in [6.07, 6.45) is 4.21. The van der Waals surface area contributed by atoms with E-state index in [1.165, 1.54) is 0 Å². The fourth-order valence-electron chi connectivity index (χ4n) is 6.18. The van der Waals surface area contributed by atoms with Crippen LogP contribution in [0.3, 0.4) is 0 Å². The maximum atomic E-state index is 14.0. The highest BCUT2D eigenvalue weighted by Crippen LogP contribution is 2.49. The number of H-pyrrole nitrogens is 1. The van der Waals surface area contributed by atoms with Crippen LogP contribution < -0.4 is 0 Å². The lowest BCUT2D eigenvalue weighted by Crippen LogP contribution is -2.68. The Morgan fingerprint density at radius 1 is 1.03 bits per heavy atom. The molecule has 6 heteroatoms. The molecule has 32 heavy (non-hydrogen) atoms. The van der Waals surface area contributed by atoms with E-state index >= 15 is 0 Å². The zero-order chi connectivity index (χ0) is 22.0. The Morgan fingerprint density at radius 2 is 1.75 bits per heavy atom. The second-order valence-corrected chi connectivity index (χ2v) is 9.89. The topological polar surface area (TPSA) is 56.4 Å². The Labute approximate surface area is 192 Å². The van der Waals surface area contributed by atoms with Crippen LogP contribution in [0.2, 0.25) is 5.02 Å². The van der Waals surface area contributed by atoms with Gasteiger partial charge in [-0.3, -0.25) is 9.59 Å². The maximum absolute atomic E-state index is 14.0. The highest BCUT2D eigenvalue weighted by molar-refractivity contribution is 6.31. The number of amides is 2. The predicted octanol–water partition coefficient (Wildman–Crippen LogP) is 4.80. The second-order valence-electron chi connectivity index (χ2n) is 9.48. The van der Waals surface area contributed by atoms with Gasteiger partial charge in [-0.05, 0) is 43.0 Å². The van der Waals surface area contributed by atoms with Crippen LogP contribution >= 0.6 is 11.6 Å². The lowest BCUT2D eigenvalue weighted by molar-refractivity contribution is -0.168. The van der Waals surface area contributed by atoms with Gasteiger partial charge in [0.2, 0.25) is 5.91 Å². The van der Waals surface area contributed by atoms with Gasteiger partial charge in [-0.15, -0.1) is 0 Å². The van der Waals surface area contributed by atoms with E-state index in [0.717, 1.165) is 53.4 Å². The van der Waals surface area contributed by atoms with Crippen molar-refractivity contribution in [3.8, 4) is 0 Å². The van der Waals surface area contributed by atoms with Crippen molar-refractivity contribution in [2.24, 2.45) is 0 Å². The van der Waals surface area contributed by atoms with Crippen molar-refractivity contribution in [2.45, 2.75) is 50.1 Å². The van der Waals surface area contributed by atoms with Crippen molar-refractivity contribution in [2.75, 3.05) is 13.1 Å². The molecule has 3 aromatic rings. The third-order valence-electron chi connectivity index (χ3n) is 7.82. The average Bonchev–Trinajstić information content (AvgIpc) is 3.46. The number of nitrogens with one attached hydrogen (secondary N) is 1. The minimum absolute atomic E-state index is 0.0142. The number of hydrogen-bond donors (Lipinski definition) is 1. The highest BCUT2D eigenvalue weighted by Gasteiger charge is 2.57. The summed E-state index contributed by atoms with van der Waals surface area (Å²) in [6.45, 7) is 2.54. The highest BCUT2D eigenvalue weighted by atomic mass is 35.5. The summed E-state index contributed by atoms with van der Waals surface area (Å²) in [5.74, 6) is -0.0486. The Kier molecular flexibility index (Phi) is 4.41. The lowest BCUT2D eigenvalue weighted by atomic mass is 9.76. The number of benzene rings is 2. The first-order chi connectivity index (χ1) is 15.5. The van der Waals surface area contributed by atoms with Crippen molar-refractivity contribution in [3.63, 3.8) is 0 Å². The number of carbonyl (C=O) groups is 2. The Hall–Kier alpha value is -2.79. The summed E-state index contributed by atoms with van der Waals surface area (Å²) in [6, 6.07) is 16.1. The van der Waals surface area contributed by atoms with Gasteiger partial charge in [0.1, 0.15) is 6.54 Å². The smallest absolute Gasteiger partial charge is 0.255 e. The third-order valence-corrected chi connectivity index (χ3v) is 8.16. The summed E-state index contributed by atoms with van der Waals surface area (Å²) < 4.78 is 0. The number of fused-ring (bicyclic) bond motifs is 5. The van der Waals surface area contributed by atoms with Gasteiger partial charge in [0.25, 0.3) is 5.91 Å². The molecule has 2 amide bonds. The molecule has 2 fully saturated rings. The van der Waals surface area contributed by atoms with E-state index in [0.29, 0.717) is 11.6 Å². The number of halogens is 1. The van der Waals surface area contributed by atoms with Gasteiger partial charge in [-0.25, -0.2) is 0 Å². The van der Waals surface area contributed by atoms with E-state index in [-0.39, 0.29) is 30.3 Å². The molecule has 5 nitrogen and oxygen atoms in total. The lowest BCUT2D eigenvalue weighted by Gasteiger charge is -2.52. The SMILES string of the molecule is CC12C(=O)N(C3CCCC3)CC(=O)N1CC(c1ccccc1Cl)c1c2[nH]c2ccccc12. The fourth-order valence-corrected chi connectivity index (χ4v) is 6.45. The predicted molar refractivity (Wildman–Crippen MR) is 125 cm³/mol. The molecule has 2 aliphatic heterocycles. The molecule has 3 aliphatic rings. The molecular weight excluding hydrogens is 422 g/mol. The van der Waals surface area contributed by atoms with E-state index in [9.17, 15) is 9.59 Å². The number of piperazine rings is 1. The molecule has 2 atom stereocenters. The number of nitrogens with zero attached hydrogens (tertiary/aromatic N) is 2. The number of aromatic amines is 1. The summed E-state index contributed by atoms with van der Waals surface area (Å²) in [5, 5.41) is 1.77. The first-order valence-corrected chi connectivity index (χ1v) is 11.8. The zero-order valence-corrected chi connectivity index (χ0v) is 18.9. The molecular formula is C26H26ClN3O2. The molecule has 164 valence electrons. The molecule has 1 aliphatic carbocycles. The molecule has 1 saturated heterocycles. The average molecular weight is 448 g/mol. The van der Waals surface area contributed by atoms with Gasteiger partial charge < -0.3 is 14.8 Å². The first kappa shape index (κ1) is 19.9. The van der Waals surface area contributed by atoms with Gasteiger partial charge in [-0.1, -0.05) is 60.8 Å². The van der Waals surface area contributed by atoms with Crippen molar-refractivity contribution >= 4 is 34.3 Å². The molecule has 1 saturated carbocycles. The Morgan fingerprint density at radius 3 is 2.53 bits per heavy atom. The van der Waals surface area contributed by atoms with Gasteiger partial charge in [0, 0.05) is 34.4 Å². The maximum Gasteiger partial charge on any atom is 0.255 e. The minimum atomic E-state index is -1.04. The minimum Gasteiger partial charge on any atom is -0.356 e. The Bertz CT molecular complexity index is 1240. The quantitative estimate of drug-likeness (QED) is 0.613. The van der Waals surface area contributed by atoms with Crippen LogP contribution in [0.25, 0.3) is 10.9 Å². The monoisotopic (exact) mass is 447 g/mol. The van der Waals surface area contributed by atoms with E-state index < -0.39 is 5.54 Å². The number of rotatable bonds is 2. The van der Waals surface area contributed by atoms with E-state index in [1.807, 2.05) is 54.3 Å². The number of hydrogen-bond acceptors (Lipinski definition) is 2. The van der Waals surface area contributed by atoms with Crippen molar-refractivity contribution in [1.29, 1.82) is 0 Å². The van der Waals surface area contributed by atoms with Crippen LogP contribution in [0, 0.1) is 0 Å². The number of carbonyl (C=O) groups excluding carboxylic acids is 2. The molecule has 0 spiro atoms. The Balaban J connectivity index is 1.58. The van der Waals surface area contributed by atoms with Crippen LogP contribution in [0.5, 0.6) is 0 Å². The van der Waals surface area contributed by atoms with Crippen molar-refractivity contribution < 1.29 is 9.59 Å². The van der Waals surface area contributed by atoms with Gasteiger partial charge in [0.05, 0.1) is 5.69 Å². The molecule has 2 unspecified atom stereocenters. The van der Waals surface area contributed by atoms with Crippen molar-refractivity contribution in [3.05, 3.63) is 70.4 Å². The molecule has 3 heterocycles. The standard InChI is InChI=1S/C26H26ClN3O2/c1-26-24-23(18-11-5-7-13-21(18)28-24)19(17-10-4-6-12-20(17)27)14-30(26)22(31)15-29(25(26)32)16-8-2-3-9-16/h4-7,10-13,16,19,28H,2-3,8-9,14-15H2,1H3. The summed E-state index contributed by atoms with van der Waals surface area (Å²) in [4.78, 5) is 34.8. The van der Waals surface area contributed by atoms with Crippen LogP contribution in [0.4, 0.5) is 0 Å². The van der Waals surface area contributed by atoms with E-state index in [4.69, 9.17) is 11.6 Å². The largest absolute Gasteiger partial charge is 0.356 e. The molecule has 0 radical (unpaired) electrons. The van der Waals surface area contributed by atoms with Crippen LogP contribution in [-0.2, 0) is 15.1 Å². The fraction of sp³-hybridized carbons (Fsp3) is 0.385.